The van der Waals surface area contributed by atoms with Crippen LogP contribution in [-0.2, 0) is 17.8 Å². The van der Waals surface area contributed by atoms with E-state index in [1.807, 2.05) is 72.8 Å². The smallest absolute Gasteiger partial charge is 0.270 e. The van der Waals surface area contributed by atoms with E-state index in [2.05, 4.69) is 6.92 Å². The van der Waals surface area contributed by atoms with Gasteiger partial charge in [0, 0.05) is 10.6 Å². The molecule has 4 nitrogen and oxygen atoms in total. The Hall–Kier alpha value is -2.80. The Morgan fingerprint density at radius 2 is 1.82 bits per heavy atom. The topological polar surface area (TPSA) is 38.8 Å². The Labute approximate surface area is 208 Å². The number of nitrogens with zero attached hydrogens (tertiary/aromatic N) is 1. The monoisotopic (exact) mass is 495 g/mol. The largest absolute Gasteiger partial charge is 0.493 e. The second kappa shape index (κ2) is 10.4. The first-order valence-corrected chi connectivity index (χ1v) is 12.0. The minimum Gasteiger partial charge on any atom is -0.493 e. The summed E-state index contributed by atoms with van der Waals surface area (Å²) in [6.07, 6.45) is 2.76. The lowest BCUT2D eigenvalue weighted by molar-refractivity contribution is -0.113. The van der Waals surface area contributed by atoms with Crippen LogP contribution >= 0.6 is 35.6 Å². The highest BCUT2D eigenvalue weighted by Gasteiger charge is 2.33. The number of aryl methyl sites for hydroxylation is 1. The van der Waals surface area contributed by atoms with Crippen molar-refractivity contribution in [3.63, 3.8) is 0 Å². The van der Waals surface area contributed by atoms with Crippen LogP contribution in [0.15, 0.2) is 71.6 Å². The highest BCUT2D eigenvalue weighted by atomic mass is 35.5. The number of thioether (sulfide) groups is 1. The van der Waals surface area contributed by atoms with E-state index in [9.17, 15) is 4.79 Å². The standard InChI is InChI=1S/C26H22ClNO3S2/c1-3-17-8-11-20(12-9-17)28-25(29)24(33-26(28)32)15-18-10-13-22(23(14-18)30-2)31-16-19-6-4-5-7-21(19)27/h4-15H,3,16H2,1-2H3. The molecule has 1 saturated heterocycles. The van der Waals surface area contributed by atoms with Crippen LogP contribution in [0, 0.1) is 0 Å². The van der Waals surface area contributed by atoms with Crippen LogP contribution in [0.25, 0.3) is 6.08 Å². The predicted molar refractivity (Wildman–Crippen MR) is 140 cm³/mol. The van der Waals surface area contributed by atoms with Crippen molar-refractivity contribution in [2.45, 2.75) is 20.0 Å². The van der Waals surface area contributed by atoms with Crippen molar-refractivity contribution in [2.24, 2.45) is 0 Å². The van der Waals surface area contributed by atoms with Gasteiger partial charge in [-0.2, -0.15) is 0 Å². The van der Waals surface area contributed by atoms with Gasteiger partial charge in [0.2, 0.25) is 0 Å². The number of hydrogen-bond acceptors (Lipinski definition) is 5. The zero-order valence-electron chi connectivity index (χ0n) is 18.2. The molecule has 1 amide bonds. The number of rotatable bonds is 7. The van der Waals surface area contributed by atoms with Crippen molar-refractivity contribution in [3.8, 4) is 11.5 Å². The van der Waals surface area contributed by atoms with Crippen LogP contribution in [0.1, 0.15) is 23.6 Å². The lowest BCUT2D eigenvalue weighted by Gasteiger charge is -2.14. The molecular formula is C26H22ClNO3S2. The van der Waals surface area contributed by atoms with Crippen LogP contribution in [0.2, 0.25) is 5.02 Å². The molecule has 0 saturated carbocycles. The first-order valence-electron chi connectivity index (χ1n) is 10.4. The Morgan fingerprint density at radius 3 is 2.52 bits per heavy atom. The summed E-state index contributed by atoms with van der Waals surface area (Å²) in [5.41, 5.74) is 3.70. The molecule has 1 aliphatic heterocycles. The molecule has 0 spiro atoms. The fourth-order valence-electron chi connectivity index (χ4n) is 3.39. The number of halogens is 1. The second-order valence-electron chi connectivity index (χ2n) is 7.33. The van der Waals surface area contributed by atoms with Crippen molar-refractivity contribution in [1.29, 1.82) is 0 Å². The normalized spacial score (nSPS) is 14.8. The number of amides is 1. The summed E-state index contributed by atoms with van der Waals surface area (Å²) >= 11 is 13.0. The Kier molecular flexibility index (Phi) is 7.38. The summed E-state index contributed by atoms with van der Waals surface area (Å²) < 4.78 is 12.0. The lowest BCUT2D eigenvalue weighted by Crippen LogP contribution is -2.27. The predicted octanol–water partition coefficient (Wildman–Crippen LogP) is 6.90. The van der Waals surface area contributed by atoms with Gasteiger partial charge in [-0.1, -0.05) is 78.9 Å². The fourth-order valence-corrected chi connectivity index (χ4v) is 4.88. The summed E-state index contributed by atoms with van der Waals surface area (Å²) in [5, 5.41) is 0.652. The number of anilines is 1. The number of carbonyl (C=O) groups excluding carboxylic acids is 1. The molecule has 1 fully saturated rings. The number of ether oxygens (including phenoxy) is 2. The minimum absolute atomic E-state index is 0.132. The molecule has 3 aromatic rings. The third-order valence-corrected chi connectivity index (χ3v) is 6.89. The van der Waals surface area contributed by atoms with Gasteiger partial charge in [0.05, 0.1) is 17.7 Å². The van der Waals surface area contributed by atoms with Gasteiger partial charge in [-0.15, -0.1) is 0 Å². The molecule has 33 heavy (non-hydrogen) atoms. The van der Waals surface area contributed by atoms with Gasteiger partial charge in [-0.25, -0.2) is 0 Å². The van der Waals surface area contributed by atoms with E-state index >= 15 is 0 Å². The molecule has 7 heteroatoms. The highest BCUT2D eigenvalue weighted by molar-refractivity contribution is 8.27. The molecule has 0 bridgehead atoms. The number of carbonyl (C=O) groups is 1. The first kappa shape index (κ1) is 23.4. The van der Waals surface area contributed by atoms with Crippen molar-refractivity contribution in [3.05, 3.63) is 93.3 Å². The number of thiocarbonyl (C=S) groups is 1. The summed E-state index contributed by atoms with van der Waals surface area (Å²) in [6.45, 7) is 2.42. The van der Waals surface area contributed by atoms with E-state index in [0.717, 1.165) is 23.2 Å². The van der Waals surface area contributed by atoms with Crippen molar-refractivity contribution >= 4 is 57.6 Å². The van der Waals surface area contributed by atoms with Crippen molar-refractivity contribution < 1.29 is 14.3 Å². The molecule has 0 atom stereocenters. The first-order chi connectivity index (χ1) is 16.0. The van der Waals surface area contributed by atoms with E-state index in [4.69, 9.17) is 33.3 Å². The molecule has 0 aromatic heterocycles. The molecule has 1 aliphatic rings. The summed E-state index contributed by atoms with van der Waals surface area (Å²) in [4.78, 5) is 15.2. The number of benzene rings is 3. The summed E-state index contributed by atoms with van der Waals surface area (Å²) in [5.74, 6) is 1.03. The average molecular weight is 496 g/mol. The molecular weight excluding hydrogens is 474 g/mol. The summed E-state index contributed by atoms with van der Waals surface area (Å²) in [7, 11) is 1.58. The maximum Gasteiger partial charge on any atom is 0.270 e. The molecule has 4 rings (SSSR count). The van der Waals surface area contributed by atoms with Crippen molar-refractivity contribution in [2.75, 3.05) is 12.0 Å². The van der Waals surface area contributed by atoms with Gasteiger partial charge in [0.25, 0.3) is 5.91 Å². The highest BCUT2D eigenvalue weighted by Crippen LogP contribution is 2.37. The lowest BCUT2D eigenvalue weighted by atomic mass is 10.1. The fraction of sp³-hybridized carbons (Fsp3) is 0.154. The van der Waals surface area contributed by atoms with Crippen LogP contribution in [-0.4, -0.2) is 17.3 Å². The molecule has 3 aromatic carbocycles. The minimum atomic E-state index is -0.132. The maximum atomic E-state index is 13.1. The molecule has 168 valence electrons. The van der Waals surface area contributed by atoms with Gasteiger partial charge in [0.15, 0.2) is 15.8 Å². The Bertz CT molecular complexity index is 1220. The number of methoxy groups -OCH3 is 1. The van der Waals surface area contributed by atoms with E-state index < -0.39 is 0 Å². The molecule has 0 aliphatic carbocycles. The molecule has 1 heterocycles. The third kappa shape index (κ3) is 5.24. The number of hydrogen-bond donors (Lipinski definition) is 0. The van der Waals surface area contributed by atoms with Crippen LogP contribution in [0.3, 0.4) is 0 Å². The zero-order chi connectivity index (χ0) is 23.4. The second-order valence-corrected chi connectivity index (χ2v) is 9.41. The van der Waals surface area contributed by atoms with Gasteiger partial charge in [-0.3, -0.25) is 9.69 Å². The van der Waals surface area contributed by atoms with Crippen LogP contribution < -0.4 is 14.4 Å². The maximum absolute atomic E-state index is 13.1. The van der Waals surface area contributed by atoms with E-state index in [0.29, 0.717) is 32.4 Å². The van der Waals surface area contributed by atoms with E-state index in [1.165, 1.54) is 17.3 Å². The summed E-state index contributed by atoms with van der Waals surface area (Å²) in [6, 6.07) is 21.0. The van der Waals surface area contributed by atoms with Gasteiger partial charge in [0.1, 0.15) is 6.61 Å². The van der Waals surface area contributed by atoms with Gasteiger partial charge < -0.3 is 9.47 Å². The Balaban J connectivity index is 1.53. The van der Waals surface area contributed by atoms with E-state index in [1.54, 1.807) is 12.0 Å². The van der Waals surface area contributed by atoms with Crippen molar-refractivity contribution in [1.82, 2.24) is 0 Å². The van der Waals surface area contributed by atoms with Crippen LogP contribution in [0.4, 0.5) is 5.69 Å². The van der Waals surface area contributed by atoms with Gasteiger partial charge >= 0.3 is 0 Å². The van der Waals surface area contributed by atoms with E-state index in [-0.39, 0.29) is 5.91 Å². The molecule has 0 radical (unpaired) electrons. The molecule has 0 N–H and O–H groups in total. The van der Waals surface area contributed by atoms with Crippen LogP contribution in [0.5, 0.6) is 11.5 Å². The van der Waals surface area contributed by atoms with Gasteiger partial charge in [-0.05, 0) is 54.0 Å². The third-order valence-electron chi connectivity index (χ3n) is 5.22. The zero-order valence-corrected chi connectivity index (χ0v) is 20.6. The average Bonchev–Trinajstić information content (AvgIpc) is 3.11. The Morgan fingerprint density at radius 1 is 1.06 bits per heavy atom. The molecule has 0 unspecified atom stereocenters. The SMILES string of the molecule is CCc1ccc(N2C(=O)C(=Cc3ccc(OCc4ccccc4Cl)c(OC)c3)SC2=S)cc1. The quantitative estimate of drug-likeness (QED) is 0.263.